The number of anilines is 2. The van der Waals surface area contributed by atoms with Gasteiger partial charge in [-0.2, -0.15) is 0 Å². The van der Waals surface area contributed by atoms with Crippen LogP contribution < -0.4 is 4.90 Å². The lowest BCUT2D eigenvalue weighted by molar-refractivity contribution is -0.127. The molecule has 8 heteroatoms. The molecule has 0 bridgehead atoms. The molecule has 0 saturated carbocycles. The van der Waals surface area contributed by atoms with Crippen LogP contribution in [0.1, 0.15) is 36.4 Å². The van der Waals surface area contributed by atoms with E-state index in [1.807, 2.05) is 58.8 Å². The van der Waals surface area contributed by atoms with Crippen LogP contribution >= 0.6 is 22.7 Å². The lowest BCUT2D eigenvalue weighted by atomic mass is 9.98. The summed E-state index contributed by atoms with van der Waals surface area (Å²) < 4.78 is 1.19. The van der Waals surface area contributed by atoms with E-state index in [-0.39, 0.29) is 17.7 Å². The van der Waals surface area contributed by atoms with E-state index < -0.39 is 0 Å². The van der Waals surface area contributed by atoms with E-state index in [0.717, 1.165) is 35.6 Å². The molecule has 0 aliphatic carbocycles. The molecule has 1 atom stereocenters. The van der Waals surface area contributed by atoms with Gasteiger partial charge in [0.2, 0.25) is 11.8 Å². The second kappa shape index (κ2) is 9.87. The summed E-state index contributed by atoms with van der Waals surface area (Å²) in [4.78, 5) is 38.0. The van der Waals surface area contributed by atoms with Crippen molar-refractivity contribution in [1.29, 1.82) is 0 Å². The normalized spacial score (nSPS) is 16.3. The summed E-state index contributed by atoms with van der Waals surface area (Å²) in [5.41, 5.74) is 2.46. The third-order valence-electron chi connectivity index (χ3n) is 5.82. The number of likely N-dealkylation sites (tertiary alicyclic amines) is 1. The van der Waals surface area contributed by atoms with Gasteiger partial charge in [-0.1, -0.05) is 30.3 Å². The third kappa shape index (κ3) is 4.78. The zero-order valence-electron chi connectivity index (χ0n) is 18.8. The van der Waals surface area contributed by atoms with E-state index in [0.29, 0.717) is 17.4 Å². The number of para-hydroxylation sites is 2. The Morgan fingerprint density at radius 3 is 2.68 bits per heavy atom. The topological polar surface area (TPSA) is 66.4 Å². The molecule has 1 saturated heterocycles. The van der Waals surface area contributed by atoms with Crippen molar-refractivity contribution in [2.45, 2.75) is 25.7 Å². The van der Waals surface area contributed by atoms with Gasteiger partial charge in [-0.15, -0.1) is 22.7 Å². The summed E-state index contributed by atoms with van der Waals surface area (Å²) in [5.74, 6) is 0.137. The molecule has 2 amide bonds. The lowest BCUT2D eigenvalue weighted by Crippen LogP contribution is -2.38. The van der Waals surface area contributed by atoms with Crippen molar-refractivity contribution >= 4 is 61.6 Å². The van der Waals surface area contributed by atoms with Crippen molar-refractivity contribution in [3.05, 3.63) is 76.8 Å². The smallest absolute Gasteiger partial charge is 0.246 e. The molecule has 0 N–H and O–H groups in total. The zero-order chi connectivity index (χ0) is 23.5. The van der Waals surface area contributed by atoms with Crippen LogP contribution in [0, 0.1) is 0 Å². The molecule has 1 fully saturated rings. The van der Waals surface area contributed by atoms with E-state index >= 15 is 0 Å². The van der Waals surface area contributed by atoms with Crippen LogP contribution in [0.3, 0.4) is 0 Å². The molecule has 3 heterocycles. The Kier molecular flexibility index (Phi) is 6.51. The Balaban J connectivity index is 1.27. The number of thiazole rings is 2. The van der Waals surface area contributed by atoms with Gasteiger partial charge in [0.05, 0.1) is 26.6 Å². The molecule has 172 valence electrons. The van der Waals surface area contributed by atoms with Crippen LogP contribution in [-0.2, 0) is 9.59 Å². The molecule has 6 nitrogen and oxygen atoms in total. The molecule has 2 aromatic carbocycles. The minimum Gasteiger partial charge on any atom is -0.338 e. The summed E-state index contributed by atoms with van der Waals surface area (Å²) in [7, 11) is 0. The average molecular weight is 489 g/mol. The molecule has 1 aliphatic heterocycles. The van der Waals surface area contributed by atoms with Crippen LogP contribution in [0.5, 0.6) is 0 Å². The standard InChI is InChI=1S/C26H24N4O2S2/c1-18(31)30(21-9-3-2-4-10-21)26-27-20(17-33-26)13-14-24(32)29-15-7-8-19(16-29)25-28-22-11-5-6-12-23(22)34-25/h2-6,9-14,17,19H,7-8,15-16H2,1H3. The summed E-state index contributed by atoms with van der Waals surface area (Å²) >= 11 is 3.10. The molecule has 5 rings (SSSR count). The molecule has 34 heavy (non-hydrogen) atoms. The Labute approximate surface area is 206 Å². The van der Waals surface area contributed by atoms with Crippen LogP contribution in [-0.4, -0.2) is 39.8 Å². The quantitative estimate of drug-likeness (QED) is 0.330. The number of aromatic nitrogens is 2. The summed E-state index contributed by atoms with van der Waals surface area (Å²) in [6.07, 6.45) is 5.32. The van der Waals surface area contributed by atoms with Gasteiger partial charge in [0.1, 0.15) is 0 Å². The average Bonchev–Trinajstić information content (AvgIpc) is 3.50. The fourth-order valence-corrected chi connectivity index (χ4v) is 6.11. The highest BCUT2D eigenvalue weighted by atomic mass is 32.1. The first-order chi connectivity index (χ1) is 16.6. The van der Waals surface area contributed by atoms with Crippen LogP contribution in [0.4, 0.5) is 10.8 Å². The van der Waals surface area contributed by atoms with Gasteiger partial charge >= 0.3 is 0 Å². The first-order valence-electron chi connectivity index (χ1n) is 11.2. The number of benzene rings is 2. The molecule has 2 aromatic heterocycles. The van der Waals surface area contributed by atoms with E-state index in [9.17, 15) is 9.59 Å². The van der Waals surface area contributed by atoms with Gasteiger partial charge in [0.15, 0.2) is 5.13 Å². The number of carbonyl (C=O) groups is 2. The van der Waals surface area contributed by atoms with Crippen LogP contribution in [0.25, 0.3) is 16.3 Å². The van der Waals surface area contributed by atoms with Crippen molar-refractivity contribution < 1.29 is 9.59 Å². The van der Waals surface area contributed by atoms with E-state index in [2.05, 4.69) is 11.1 Å². The predicted octanol–water partition coefficient (Wildman–Crippen LogP) is 5.86. The summed E-state index contributed by atoms with van der Waals surface area (Å²) in [6, 6.07) is 17.6. The van der Waals surface area contributed by atoms with Gasteiger partial charge in [-0.05, 0) is 43.2 Å². The second-order valence-electron chi connectivity index (χ2n) is 8.22. The summed E-state index contributed by atoms with van der Waals surface area (Å²) in [5, 5.41) is 3.55. The maximum atomic E-state index is 12.9. The highest BCUT2D eigenvalue weighted by Crippen LogP contribution is 2.33. The number of piperidine rings is 1. The number of amides is 2. The highest BCUT2D eigenvalue weighted by molar-refractivity contribution is 7.18. The predicted molar refractivity (Wildman–Crippen MR) is 139 cm³/mol. The van der Waals surface area contributed by atoms with E-state index in [4.69, 9.17) is 4.98 Å². The molecule has 1 unspecified atom stereocenters. The van der Waals surface area contributed by atoms with Crippen molar-refractivity contribution in [1.82, 2.24) is 14.9 Å². The first-order valence-corrected chi connectivity index (χ1v) is 12.9. The number of fused-ring (bicyclic) bond motifs is 1. The van der Waals surface area contributed by atoms with Crippen LogP contribution in [0.2, 0.25) is 0 Å². The maximum Gasteiger partial charge on any atom is 0.246 e. The van der Waals surface area contributed by atoms with Crippen LogP contribution in [0.15, 0.2) is 66.1 Å². The molecular formula is C26H24N4O2S2. The van der Waals surface area contributed by atoms with Crippen molar-refractivity contribution in [2.24, 2.45) is 0 Å². The first kappa shape index (κ1) is 22.4. The third-order valence-corrected chi connectivity index (χ3v) is 7.86. The van der Waals surface area contributed by atoms with Crippen molar-refractivity contribution in [2.75, 3.05) is 18.0 Å². The molecular weight excluding hydrogens is 464 g/mol. The Morgan fingerprint density at radius 2 is 1.88 bits per heavy atom. The zero-order valence-corrected chi connectivity index (χ0v) is 20.4. The number of hydrogen-bond donors (Lipinski definition) is 0. The van der Waals surface area contributed by atoms with Crippen molar-refractivity contribution in [3.8, 4) is 0 Å². The number of rotatable bonds is 5. The van der Waals surface area contributed by atoms with Gasteiger partial charge in [0, 0.05) is 37.4 Å². The maximum absolute atomic E-state index is 12.9. The lowest BCUT2D eigenvalue weighted by Gasteiger charge is -2.31. The van der Waals surface area contributed by atoms with Gasteiger partial charge in [0.25, 0.3) is 0 Å². The minimum absolute atomic E-state index is 0.0214. The Morgan fingerprint density at radius 1 is 1.09 bits per heavy atom. The molecule has 4 aromatic rings. The largest absolute Gasteiger partial charge is 0.338 e. The Bertz CT molecular complexity index is 1310. The number of hydrogen-bond acceptors (Lipinski definition) is 6. The van der Waals surface area contributed by atoms with E-state index in [1.165, 1.54) is 23.0 Å². The number of nitrogens with zero attached hydrogens (tertiary/aromatic N) is 4. The van der Waals surface area contributed by atoms with E-state index in [1.54, 1.807) is 28.4 Å². The fraction of sp³-hybridized carbons (Fsp3) is 0.231. The second-order valence-corrected chi connectivity index (χ2v) is 10.1. The van der Waals surface area contributed by atoms with Gasteiger partial charge in [-0.3, -0.25) is 14.5 Å². The van der Waals surface area contributed by atoms with Crippen molar-refractivity contribution in [3.63, 3.8) is 0 Å². The van der Waals surface area contributed by atoms with Gasteiger partial charge < -0.3 is 4.90 Å². The minimum atomic E-state index is -0.110. The van der Waals surface area contributed by atoms with Gasteiger partial charge in [-0.25, -0.2) is 9.97 Å². The number of carbonyl (C=O) groups excluding carboxylic acids is 2. The fourth-order valence-electron chi connectivity index (χ4n) is 4.17. The molecule has 0 spiro atoms. The Hall–Kier alpha value is -3.36. The SMILES string of the molecule is CC(=O)N(c1ccccc1)c1nc(C=CC(=O)N2CCCC(c3nc4ccccc4s3)C2)cs1. The highest BCUT2D eigenvalue weighted by Gasteiger charge is 2.26. The summed E-state index contributed by atoms with van der Waals surface area (Å²) in [6.45, 7) is 2.95. The monoisotopic (exact) mass is 488 g/mol. The molecule has 1 aliphatic rings. The molecule has 0 radical (unpaired) electrons.